The lowest BCUT2D eigenvalue weighted by atomic mass is 9.92. The lowest BCUT2D eigenvalue weighted by Crippen LogP contribution is -1.85. The topological polar surface area (TPSA) is 13.1 Å². The molecule has 0 saturated heterocycles. The number of furan rings is 1. The highest BCUT2D eigenvalue weighted by Gasteiger charge is 2.16. The number of hydrogen-bond donors (Lipinski definition) is 0. The number of rotatable bonds is 2. The van der Waals surface area contributed by atoms with Crippen LogP contribution >= 0.6 is 11.6 Å². The van der Waals surface area contributed by atoms with E-state index >= 15 is 0 Å². The summed E-state index contributed by atoms with van der Waals surface area (Å²) in [4.78, 5) is 0. The van der Waals surface area contributed by atoms with E-state index in [1.54, 1.807) is 0 Å². The summed E-state index contributed by atoms with van der Waals surface area (Å²) < 4.78 is 6.06. The Bertz CT molecular complexity index is 1240. The molecule has 0 bridgehead atoms. The Balaban J connectivity index is 1.87. The van der Waals surface area contributed by atoms with Gasteiger partial charge in [0.2, 0.25) is 0 Å². The Morgan fingerprint density at radius 3 is 2.12 bits per heavy atom. The first-order valence-electron chi connectivity index (χ1n) is 8.57. The van der Waals surface area contributed by atoms with Crippen LogP contribution in [-0.2, 0) is 0 Å². The molecule has 1 heterocycles. The molecule has 0 aliphatic carbocycles. The van der Waals surface area contributed by atoms with E-state index in [-0.39, 0.29) is 0 Å². The fourth-order valence-corrected chi connectivity index (χ4v) is 3.84. The zero-order chi connectivity index (χ0) is 17.5. The molecule has 0 aliphatic rings. The van der Waals surface area contributed by atoms with E-state index in [9.17, 15) is 0 Å². The molecule has 26 heavy (non-hydrogen) atoms. The Morgan fingerprint density at radius 1 is 0.577 bits per heavy atom. The van der Waals surface area contributed by atoms with Crippen LogP contribution in [0.5, 0.6) is 0 Å². The van der Waals surface area contributed by atoms with Crippen molar-refractivity contribution in [2.75, 3.05) is 0 Å². The minimum Gasteiger partial charge on any atom is -0.454 e. The molecule has 0 aliphatic heterocycles. The van der Waals surface area contributed by atoms with Gasteiger partial charge in [0.15, 0.2) is 5.58 Å². The van der Waals surface area contributed by atoms with E-state index in [4.69, 9.17) is 16.0 Å². The molecular weight excluding hydrogens is 340 g/mol. The van der Waals surface area contributed by atoms with Crippen molar-refractivity contribution >= 4 is 33.5 Å². The third-order valence-electron chi connectivity index (χ3n) is 4.78. The van der Waals surface area contributed by atoms with Gasteiger partial charge >= 0.3 is 0 Å². The van der Waals surface area contributed by atoms with Gasteiger partial charge in [-0.1, -0.05) is 90.5 Å². The summed E-state index contributed by atoms with van der Waals surface area (Å²) in [6.07, 6.45) is 0. The smallest absolute Gasteiger partial charge is 0.154 e. The minimum absolute atomic E-state index is 0.640. The average molecular weight is 355 g/mol. The van der Waals surface area contributed by atoms with Gasteiger partial charge in [0.25, 0.3) is 0 Å². The van der Waals surface area contributed by atoms with E-state index in [1.807, 2.05) is 30.3 Å². The summed E-state index contributed by atoms with van der Waals surface area (Å²) in [5.74, 6) is 0. The summed E-state index contributed by atoms with van der Waals surface area (Å²) in [7, 11) is 0. The average Bonchev–Trinajstić information content (AvgIpc) is 3.09. The van der Waals surface area contributed by atoms with Gasteiger partial charge in [-0.05, 0) is 34.4 Å². The molecule has 0 amide bonds. The molecule has 5 aromatic rings. The Hall–Kier alpha value is -3.03. The first kappa shape index (κ1) is 15.2. The van der Waals surface area contributed by atoms with Crippen molar-refractivity contribution in [2.45, 2.75) is 0 Å². The van der Waals surface area contributed by atoms with Crippen molar-refractivity contribution in [3.8, 4) is 22.3 Å². The van der Waals surface area contributed by atoms with Crippen LogP contribution in [0.3, 0.4) is 0 Å². The van der Waals surface area contributed by atoms with Gasteiger partial charge < -0.3 is 4.42 Å². The zero-order valence-electron chi connectivity index (χ0n) is 13.9. The molecular formula is C24H15ClO. The van der Waals surface area contributed by atoms with E-state index in [0.29, 0.717) is 5.02 Å². The zero-order valence-corrected chi connectivity index (χ0v) is 14.7. The second kappa shape index (κ2) is 6.05. The quantitative estimate of drug-likeness (QED) is 0.318. The van der Waals surface area contributed by atoms with Gasteiger partial charge in [-0.15, -0.1) is 0 Å². The normalized spacial score (nSPS) is 11.3. The maximum Gasteiger partial charge on any atom is 0.154 e. The van der Waals surface area contributed by atoms with Crippen LogP contribution in [0.1, 0.15) is 0 Å². The lowest BCUT2D eigenvalue weighted by molar-refractivity contribution is 0.669. The SMILES string of the molecule is Clc1cccc2c1oc1cccc(-c3ccccc3-c3ccccc3)c12. The Kier molecular flexibility index (Phi) is 3.55. The van der Waals surface area contributed by atoms with Crippen LogP contribution in [0.2, 0.25) is 5.02 Å². The predicted octanol–water partition coefficient (Wildman–Crippen LogP) is 7.57. The van der Waals surface area contributed by atoms with Gasteiger partial charge in [-0.3, -0.25) is 0 Å². The number of hydrogen-bond acceptors (Lipinski definition) is 1. The van der Waals surface area contributed by atoms with Crippen LogP contribution in [0, 0.1) is 0 Å². The van der Waals surface area contributed by atoms with Gasteiger partial charge in [0, 0.05) is 10.8 Å². The van der Waals surface area contributed by atoms with Crippen molar-refractivity contribution < 1.29 is 4.42 Å². The molecule has 0 N–H and O–H groups in total. The maximum atomic E-state index is 6.36. The minimum atomic E-state index is 0.640. The van der Waals surface area contributed by atoms with E-state index in [1.165, 1.54) is 16.7 Å². The first-order valence-corrected chi connectivity index (χ1v) is 8.95. The monoisotopic (exact) mass is 354 g/mol. The van der Waals surface area contributed by atoms with Gasteiger partial charge in [0.1, 0.15) is 5.58 Å². The van der Waals surface area contributed by atoms with Crippen molar-refractivity contribution in [2.24, 2.45) is 0 Å². The molecule has 0 fully saturated rings. The van der Waals surface area contributed by atoms with Crippen LogP contribution in [0.4, 0.5) is 0 Å². The molecule has 0 spiro atoms. The van der Waals surface area contributed by atoms with Crippen molar-refractivity contribution in [3.05, 3.63) is 96.0 Å². The molecule has 2 heteroatoms. The summed E-state index contributed by atoms with van der Waals surface area (Å²) in [5, 5.41) is 2.79. The second-order valence-corrected chi connectivity index (χ2v) is 6.72. The molecule has 0 saturated carbocycles. The second-order valence-electron chi connectivity index (χ2n) is 6.31. The fraction of sp³-hybridized carbons (Fsp3) is 0. The third kappa shape index (κ3) is 2.33. The molecule has 5 rings (SSSR count). The number of para-hydroxylation sites is 1. The fourth-order valence-electron chi connectivity index (χ4n) is 3.63. The molecule has 4 aromatic carbocycles. The highest BCUT2D eigenvalue weighted by Crippen LogP contribution is 2.41. The third-order valence-corrected chi connectivity index (χ3v) is 5.07. The largest absolute Gasteiger partial charge is 0.454 e. The predicted molar refractivity (Wildman–Crippen MR) is 110 cm³/mol. The molecule has 0 unspecified atom stereocenters. The van der Waals surface area contributed by atoms with Gasteiger partial charge in [-0.25, -0.2) is 0 Å². The standard InChI is InChI=1S/C24H15ClO/c25-21-14-6-13-20-23-19(12-7-15-22(23)26-24(20)21)18-11-5-4-10-17(18)16-8-2-1-3-9-16/h1-15H. The van der Waals surface area contributed by atoms with E-state index < -0.39 is 0 Å². The molecule has 1 nitrogen and oxygen atoms in total. The molecule has 1 aromatic heterocycles. The van der Waals surface area contributed by atoms with Crippen LogP contribution in [0.25, 0.3) is 44.2 Å². The first-order chi connectivity index (χ1) is 12.8. The van der Waals surface area contributed by atoms with Gasteiger partial charge in [0.05, 0.1) is 5.02 Å². The maximum absolute atomic E-state index is 6.36. The number of benzene rings is 4. The summed E-state index contributed by atoms with van der Waals surface area (Å²) in [5.41, 5.74) is 6.35. The molecule has 0 atom stereocenters. The molecule has 124 valence electrons. The van der Waals surface area contributed by atoms with E-state index in [2.05, 4.69) is 60.7 Å². The van der Waals surface area contributed by atoms with Crippen LogP contribution in [-0.4, -0.2) is 0 Å². The van der Waals surface area contributed by atoms with Gasteiger partial charge in [-0.2, -0.15) is 0 Å². The Morgan fingerprint density at radius 2 is 1.27 bits per heavy atom. The molecule has 0 radical (unpaired) electrons. The highest BCUT2D eigenvalue weighted by molar-refractivity contribution is 6.36. The van der Waals surface area contributed by atoms with Crippen LogP contribution < -0.4 is 0 Å². The number of halogens is 1. The number of fused-ring (bicyclic) bond motifs is 3. The Labute approximate surface area is 156 Å². The summed E-state index contributed by atoms with van der Waals surface area (Å²) in [6, 6.07) is 31.1. The van der Waals surface area contributed by atoms with Crippen molar-refractivity contribution in [1.82, 2.24) is 0 Å². The highest BCUT2D eigenvalue weighted by atomic mass is 35.5. The van der Waals surface area contributed by atoms with Crippen molar-refractivity contribution in [3.63, 3.8) is 0 Å². The van der Waals surface area contributed by atoms with Crippen molar-refractivity contribution in [1.29, 1.82) is 0 Å². The lowest BCUT2D eigenvalue weighted by Gasteiger charge is -2.11. The summed E-state index contributed by atoms with van der Waals surface area (Å²) >= 11 is 6.36. The van der Waals surface area contributed by atoms with Crippen LogP contribution in [0.15, 0.2) is 95.4 Å². The summed E-state index contributed by atoms with van der Waals surface area (Å²) in [6.45, 7) is 0. The van der Waals surface area contributed by atoms with E-state index in [0.717, 1.165) is 27.5 Å².